The summed E-state index contributed by atoms with van der Waals surface area (Å²) in [7, 11) is 0. The number of benzene rings is 2. The van der Waals surface area contributed by atoms with Gasteiger partial charge in [0, 0.05) is 39.1 Å². The van der Waals surface area contributed by atoms with Gasteiger partial charge in [-0.2, -0.15) is 19.5 Å². The summed E-state index contributed by atoms with van der Waals surface area (Å²) in [6.45, 7) is 3.29. The summed E-state index contributed by atoms with van der Waals surface area (Å²) in [4.78, 5) is 31.2. The van der Waals surface area contributed by atoms with Crippen LogP contribution in [0.25, 0.3) is 17.4 Å². The van der Waals surface area contributed by atoms with Crippen molar-refractivity contribution in [3.8, 4) is 11.6 Å². The van der Waals surface area contributed by atoms with Gasteiger partial charge >= 0.3 is 0 Å². The lowest BCUT2D eigenvalue weighted by molar-refractivity contribution is -0.133. The van der Waals surface area contributed by atoms with E-state index in [9.17, 15) is 9.18 Å². The van der Waals surface area contributed by atoms with Crippen molar-refractivity contribution in [2.24, 2.45) is 0 Å². The van der Waals surface area contributed by atoms with Gasteiger partial charge in [-0.15, -0.1) is 5.10 Å². The number of carbonyl (C=O) groups excluding carboxylic acids is 1. The molecule has 1 fully saturated rings. The van der Waals surface area contributed by atoms with Gasteiger partial charge in [0.1, 0.15) is 11.9 Å². The fraction of sp³-hybridized carbons (Fsp3) is 0.250. The van der Waals surface area contributed by atoms with E-state index in [4.69, 9.17) is 10.2 Å². The Hall–Kier alpha value is -4.84. The number of nitrogens with two attached hydrogens (primary N) is 1. The number of hydrogen-bond donors (Lipinski definition) is 2. The smallest absolute Gasteiger partial charge is 0.259 e. The number of piperazine rings is 1. The second-order valence-electron chi connectivity index (χ2n) is 9.64. The summed E-state index contributed by atoms with van der Waals surface area (Å²) < 4.78 is 20.0. The number of fused-ring (bicyclic) bond motifs is 1. The maximum Gasteiger partial charge on any atom is 0.259 e. The molecule has 2 aromatic carbocycles. The van der Waals surface area contributed by atoms with E-state index in [1.54, 1.807) is 24.3 Å². The highest BCUT2D eigenvalue weighted by atomic mass is 19.1. The van der Waals surface area contributed by atoms with Gasteiger partial charge in [0.05, 0.1) is 6.26 Å². The van der Waals surface area contributed by atoms with Crippen LogP contribution in [0.4, 0.5) is 16.3 Å². The van der Waals surface area contributed by atoms with Crippen molar-refractivity contribution in [3.63, 3.8) is 0 Å². The number of aromatic nitrogens is 5. The molecule has 1 saturated heterocycles. The zero-order valence-corrected chi connectivity index (χ0v) is 21.7. The molecule has 0 radical (unpaired) electrons. The normalized spacial score (nSPS) is 14.9. The monoisotopic (exact) mass is 541 g/mol. The van der Waals surface area contributed by atoms with E-state index in [-0.39, 0.29) is 29.4 Å². The summed E-state index contributed by atoms with van der Waals surface area (Å²) in [5.74, 6) is 1.02. The number of carbonyl (C=O) groups is 1. The third-order valence-corrected chi connectivity index (χ3v) is 6.86. The molecule has 1 aliphatic heterocycles. The van der Waals surface area contributed by atoms with Crippen LogP contribution in [-0.2, 0) is 17.8 Å². The van der Waals surface area contributed by atoms with Crippen LogP contribution >= 0.6 is 0 Å². The standard InChI is InChI=1S/C28H28FN9O2/c29-21-10-8-20(9-11-21)18-36-12-14-37(15-13-36)25(39)22(17-19-5-2-1-3-6-19)31-27-33-26(30)38-28(34-27)32-24(35-38)23-7-4-16-40-23/h1-11,16,22H,12-15,17-18H2,(H3,30,31,32,33,34,35)/t22-/m0/s1. The van der Waals surface area contributed by atoms with E-state index in [0.29, 0.717) is 50.7 Å². The van der Waals surface area contributed by atoms with Crippen LogP contribution in [0.5, 0.6) is 0 Å². The van der Waals surface area contributed by atoms with Crippen molar-refractivity contribution in [2.45, 2.75) is 19.0 Å². The molecule has 1 amide bonds. The molecular formula is C28H28FN9O2. The Morgan fingerprint density at radius 3 is 2.45 bits per heavy atom. The molecule has 0 bridgehead atoms. The van der Waals surface area contributed by atoms with Crippen LogP contribution in [0.3, 0.4) is 0 Å². The average molecular weight is 542 g/mol. The second kappa shape index (κ2) is 11.1. The van der Waals surface area contributed by atoms with E-state index in [1.807, 2.05) is 35.2 Å². The van der Waals surface area contributed by atoms with Gasteiger partial charge in [-0.25, -0.2) is 4.39 Å². The summed E-state index contributed by atoms with van der Waals surface area (Å²) in [6, 6.07) is 19.2. The topological polar surface area (TPSA) is 131 Å². The molecule has 0 saturated carbocycles. The molecule has 12 heteroatoms. The molecule has 40 heavy (non-hydrogen) atoms. The van der Waals surface area contributed by atoms with Crippen LogP contribution in [0.2, 0.25) is 0 Å². The van der Waals surface area contributed by atoms with Crippen LogP contribution in [0.15, 0.2) is 77.4 Å². The quantitative estimate of drug-likeness (QED) is 0.304. The minimum Gasteiger partial charge on any atom is -0.461 e. The van der Waals surface area contributed by atoms with Crippen molar-refractivity contribution in [3.05, 3.63) is 89.9 Å². The summed E-state index contributed by atoms with van der Waals surface area (Å²) in [5.41, 5.74) is 8.22. The lowest BCUT2D eigenvalue weighted by Gasteiger charge is -2.36. The molecule has 5 aromatic rings. The number of hydrogen-bond acceptors (Lipinski definition) is 9. The van der Waals surface area contributed by atoms with Crippen molar-refractivity contribution in [1.29, 1.82) is 0 Å². The molecule has 0 spiro atoms. The molecule has 1 atom stereocenters. The predicted molar refractivity (Wildman–Crippen MR) is 147 cm³/mol. The third kappa shape index (κ3) is 5.61. The zero-order chi connectivity index (χ0) is 27.5. The van der Waals surface area contributed by atoms with Gasteiger partial charge in [0.25, 0.3) is 5.78 Å². The number of halogens is 1. The fourth-order valence-electron chi connectivity index (χ4n) is 4.78. The van der Waals surface area contributed by atoms with Gasteiger partial charge < -0.3 is 20.4 Å². The lowest BCUT2D eigenvalue weighted by atomic mass is 10.0. The van der Waals surface area contributed by atoms with Crippen molar-refractivity contribution < 1.29 is 13.6 Å². The fourth-order valence-corrected chi connectivity index (χ4v) is 4.78. The number of rotatable bonds is 8. The highest BCUT2D eigenvalue weighted by molar-refractivity contribution is 5.85. The van der Waals surface area contributed by atoms with Gasteiger partial charge in [-0.3, -0.25) is 9.69 Å². The Kier molecular flexibility index (Phi) is 7.06. The molecule has 204 valence electrons. The van der Waals surface area contributed by atoms with E-state index in [2.05, 4.69) is 30.3 Å². The van der Waals surface area contributed by atoms with Gasteiger partial charge in [0.2, 0.25) is 23.6 Å². The van der Waals surface area contributed by atoms with E-state index in [0.717, 1.165) is 11.1 Å². The van der Waals surface area contributed by atoms with E-state index < -0.39 is 6.04 Å². The van der Waals surface area contributed by atoms with Gasteiger partial charge in [-0.1, -0.05) is 42.5 Å². The van der Waals surface area contributed by atoms with Gasteiger partial charge in [-0.05, 0) is 35.4 Å². The number of amides is 1. The third-order valence-electron chi connectivity index (χ3n) is 6.86. The largest absolute Gasteiger partial charge is 0.461 e. The number of anilines is 2. The van der Waals surface area contributed by atoms with Crippen LogP contribution < -0.4 is 11.1 Å². The van der Waals surface area contributed by atoms with Crippen molar-refractivity contribution in [1.82, 2.24) is 34.4 Å². The van der Waals surface area contributed by atoms with Crippen LogP contribution in [0.1, 0.15) is 11.1 Å². The molecule has 0 unspecified atom stereocenters. The molecular weight excluding hydrogens is 513 g/mol. The SMILES string of the molecule is Nc1nc(N[C@@H](Cc2ccccc2)C(=O)N2CCN(Cc3ccc(F)cc3)CC2)nc2nc(-c3ccco3)nn12. The Bertz CT molecular complexity index is 1580. The zero-order valence-electron chi connectivity index (χ0n) is 21.7. The average Bonchev–Trinajstić information content (AvgIpc) is 3.65. The Balaban J connectivity index is 1.19. The van der Waals surface area contributed by atoms with Crippen molar-refractivity contribution in [2.75, 3.05) is 37.2 Å². The summed E-state index contributed by atoms with van der Waals surface area (Å²) >= 11 is 0. The highest BCUT2D eigenvalue weighted by Crippen LogP contribution is 2.19. The number of furan rings is 1. The minimum atomic E-state index is -0.625. The maximum absolute atomic E-state index is 13.8. The first-order valence-corrected chi connectivity index (χ1v) is 13.0. The molecule has 6 rings (SSSR count). The minimum absolute atomic E-state index is 0.0509. The molecule has 3 N–H and O–H groups in total. The number of nitrogens with zero attached hydrogens (tertiary/aromatic N) is 7. The Morgan fingerprint density at radius 2 is 1.73 bits per heavy atom. The first kappa shape index (κ1) is 25.4. The highest BCUT2D eigenvalue weighted by Gasteiger charge is 2.29. The predicted octanol–water partition coefficient (Wildman–Crippen LogP) is 2.87. The van der Waals surface area contributed by atoms with E-state index in [1.165, 1.54) is 22.9 Å². The Labute approximate surface area is 229 Å². The van der Waals surface area contributed by atoms with Crippen molar-refractivity contribution >= 4 is 23.6 Å². The first-order chi connectivity index (χ1) is 19.5. The summed E-state index contributed by atoms with van der Waals surface area (Å²) in [5, 5.41) is 7.54. The number of nitrogen functional groups attached to an aromatic ring is 1. The van der Waals surface area contributed by atoms with Gasteiger partial charge in [0.15, 0.2) is 5.76 Å². The lowest BCUT2D eigenvalue weighted by Crippen LogP contribution is -2.53. The molecule has 11 nitrogen and oxygen atoms in total. The first-order valence-electron chi connectivity index (χ1n) is 13.0. The molecule has 1 aliphatic rings. The molecule has 0 aliphatic carbocycles. The maximum atomic E-state index is 13.8. The second-order valence-corrected chi connectivity index (χ2v) is 9.64. The van der Waals surface area contributed by atoms with Crippen LogP contribution in [0, 0.1) is 5.82 Å². The van der Waals surface area contributed by atoms with Crippen LogP contribution in [-0.4, -0.2) is 72.5 Å². The summed E-state index contributed by atoms with van der Waals surface area (Å²) in [6.07, 6.45) is 1.97. The molecule has 4 heterocycles. The van der Waals surface area contributed by atoms with E-state index >= 15 is 0 Å². The molecule has 3 aromatic heterocycles. The number of nitrogens with one attached hydrogen (secondary N) is 1. The Morgan fingerprint density at radius 1 is 0.950 bits per heavy atom.